The van der Waals surface area contributed by atoms with E-state index in [9.17, 15) is 28.8 Å². The van der Waals surface area contributed by atoms with Gasteiger partial charge in [0.1, 0.15) is 30.0 Å². The van der Waals surface area contributed by atoms with Gasteiger partial charge in [0.25, 0.3) is 0 Å². The molecule has 0 radical (unpaired) electrons. The first-order valence-corrected chi connectivity index (χ1v) is 11.5. The van der Waals surface area contributed by atoms with Crippen LogP contribution in [0, 0.1) is 0 Å². The number of benzene rings is 2. The molecular weight excluding hydrogens is 548 g/mol. The molecule has 0 fully saturated rings. The maximum absolute atomic E-state index is 12.2. The van der Waals surface area contributed by atoms with Crippen molar-refractivity contribution in [3.63, 3.8) is 0 Å². The number of nitrogens with zero attached hydrogens (tertiary/aromatic N) is 2. The summed E-state index contributed by atoms with van der Waals surface area (Å²) in [5.74, 6) is -4.13. The minimum absolute atomic E-state index is 0.00936. The SMILES string of the molecule is COc1cccc2c(=O)c(C(=O)O)cn(CC(=O)O)c12.O=C(O)Cn1cc(C(=O)O)c(=O)c2cc3c(cc21)OCO3. The summed E-state index contributed by atoms with van der Waals surface area (Å²) in [6.45, 7) is -0.960. The van der Waals surface area contributed by atoms with Crippen molar-refractivity contribution >= 4 is 45.7 Å². The highest BCUT2D eigenvalue weighted by Gasteiger charge is 2.21. The van der Waals surface area contributed by atoms with Crippen molar-refractivity contribution in [3.8, 4) is 17.2 Å². The van der Waals surface area contributed by atoms with Crippen molar-refractivity contribution in [1.29, 1.82) is 0 Å². The Kier molecular flexibility index (Phi) is 7.62. The Morgan fingerprint density at radius 3 is 1.90 bits per heavy atom. The molecule has 2 aromatic carbocycles. The van der Waals surface area contributed by atoms with Crippen molar-refractivity contribution in [2.45, 2.75) is 13.1 Å². The second-order valence-electron chi connectivity index (χ2n) is 8.48. The molecule has 4 N–H and O–H groups in total. The molecule has 41 heavy (non-hydrogen) atoms. The van der Waals surface area contributed by atoms with E-state index in [1.807, 2.05) is 0 Å². The lowest BCUT2D eigenvalue weighted by atomic mass is 10.1. The van der Waals surface area contributed by atoms with Crippen molar-refractivity contribution in [3.05, 3.63) is 74.3 Å². The molecule has 0 aliphatic carbocycles. The summed E-state index contributed by atoms with van der Waals surface area (Å²) in [5, 5.41) is 36.1. The zero-order valence-electron chi connectivity index (χ0n) is 21.0. The van der Waals surface area contributed by atoms with Crippen LogP contribution in [-0.4, -0.2) is 67.3 Å². The van der Waals surface area contributed by atoms with Crippen LogP contribution < -0.4 is 25.1 Å². The van der Waals surface area contributed by atoms with Gasteiger partial charge >= 0.3 is 23.9 Å². The van der Waals surface area contributed by atoms with Crippen LogP contribution in [0.3, 0.4) is 0 Å². The average molecular weight is 568 g/mol. The summed E-state index contributed by atoms with van der Waals surface area (Å²) in [7, 11) is 1.38. The number of carboxylic acid groups (broad SMARTS) is 4. The van der Waals surface area contributed by atoms with Gasteiger partial charge in [-0.15, -0.1) is 0 Å². The summed E-state index contributed by atoms with van der Waals surface area (Å²) < 4.78 is 17.8. The van der Waals surface area contributed by atoms with E-state index in [2.05, 4.69) is 0 Å². The van der Waals surface area contributed by atoms with Crippen molar-refractivity contribution in [2.75, 3.05) is 13.9 Å². The molecule has 0 atom stereocenters. The van der Waals surface area contributed by atoms with Gasteiger partial charge in [-0.05, 0) is 18.2 Å². The normalized spacial score (nSPS) is 11.5. The van der Waals surface area contributed by atoms with Gasteiger partial charge in [-0.25, -0.2) is 9.59 Å². The standard InChI is InChI=1S/C13H9NO7.C13H11NO6/c15-11(16)4-14-3-7(13(18)19)12(17)6-1-9-10(2-8(6)14)21-5-20-9;1-20-9-4-2-3-7-11(9)14(6-10(15)16)5-8(12(7)17)13(18)19/h1-3H,4-5H2,(H,15,16)(H,18,19);2-5H,6H2,1H3,(H,15,16)(H,18,19). The Labute approximate surface area is 227 Å². The number of methoxy groups -OCH3 is 1. The minimum atomic E-state index is -1.42. The van der Waals surface area contributed by atoms with Gasteiger partial charge < -0.3 is 43.8 Å². The van der Waals surface area contributed by atoms with E-state index in [0.717, 1.165) is 12.4 Å². The molecule has 0 amide bonds. The summed E-state index contributed by atoms with van der Waals surface area (Å²) in [6.07, 6.45) is 2.03. The monoisotopic (exact) mass is 568 g/mol. The predicted molar refractivity (Wildman–Crippen MR) is 138 cm³/mol. The quantitative estimate of drug-likeness (QED) is 0.247. The van der Waals surface area contributed by atoms with Crippen LogP contribution in [0.1, 0.15) is 20.7 Å². The topological polar surface area (TPSA) is 221 Å². The number of hydrogen-bond acceptors (Lipinski definition) is 9. The highest BCUT2D eigenvalue weighted by atomic mass is 16.7. The number of aromatic nitrogens is 2. The summed E-state index contributed by atoms with van der Waals surface area (Å²) >= 11 is 0. The third-order valence-electron chi connectivity index (χ3n) is 5.93. The number of pyridine rings is 2. The van der Waals surface area contributed by atoms with Gasteiger partial charge in [0.2, 0.25) is 17.7 Å². The van der Waals surface area contributed by atoms with Crippen molar-refractivity contribution in [1.82, 2.24) is 9.13 Å². The van der Waals surface area contributed by atoms with Gasteiger partial charge in [0.05, 0.1) is 28.9 Å². The fourth-order valence-electron chi connectivity index (χ4n) is 4.22. The molecule has 0 saturated heterocycles. The molecule has 1 aliphatic heterocycles. The average Bonchev–Trinajstić information content (AvgIpc) is 3.38. The number of fused-ring (bicyclic) bond motifs is 3. The Bertz CT molecular complexity index is 1870. The third-order valence-corrected chi connectivity index (χ3v) is 5.93. The number of ether oxygens (including phenoxy) is 3. The van der Waals surface area contributed by atoms with Gasteiger partial charge in [-0.2, -0.15) is 0 Å². The van der Waals surface area contributed by atoms with E-state index < -0.39 is 59.0 Å². The summed E-state index contributed by atoms with van der Waals surface area (Å²) in [5.41, 5.74) is -1.82. The van der Waals surface area contributed by atoms with Crippen LogP contribution in [0.5, 0.6) is 17.2 Å². The van der Waals surface area contributed by atoms with Gasteiger partial charge in [0, 0.05) is 18.5 Å². The lowest BCUT2D eigenvalue weighted by Crippen LogP contribution is -2.21. The van der Waals surface area contributed by atoms with Crippen LogP contribution in [-0.2, 0) is 22.7 Å². The molecule has 4 aromatic rings. The molecule has 1 aliphatic rings. The molecule has 0 spiro atoms. The Morgan fingerprint density at radius 1 is 0.805 bits per heavy atom. The molecule has 212 valence electrons. The van der Waals surface area contributed by atoms with Crippen LogP contribution in [0.15, 0.2) is 52.3 Å². The van der Waals surface area contributed by atoms with Crippen LogP contribution >= 0.6 is 0 Å². The number of aliphatic carboxylic acids is 2. The lowest BCUT2D eigenvalue weighted by molar-refractivity contribution is -0.138. The van der Waals surface area contributed by atoms with E-state index in [4.69, 9.17) is 34.6 Å². The van der Waals surface area contributed by atoms with E-state index in [1.165, 1.54) is 34.4 Å². The third kappa shape index (κ3) is 5.49. The van der Waals surface area contributed by atoms with Gasteiger partial charge in [-0.3, -0.25) is 19.2 Å². The fourth-order valence-corrected chi connectivity index (χ4v) is 4.22. The number of para-hydroxylation sites is 1. The Hall–Kier alpha value is -5.86. The fraction of sp³-hybridized carbons (Fsp3) is 0.154. The number of rotatable bonds is 7. The molecule has 15 nitrogen and oxygen atoms in total. The second kappa shape index (κ2) is 11.1. The summed E-state index contributed by atoms with van der Waals surface area (Å²) in [6, 6.07) is 7.38. The number of hydrogen-bond donors (Lipinski definition) is 4. The zero-order chi connectivity index (χ0) is 30.0. The maximum atomic E-state index is 12.2. The molecular formula is C26H20N2O13. The lowest BCUT2D eigenvalue weighted by Gasteiger charge is -2.13. The largest absolute Gasteiger partial charge is 0.495 e. The van der Waals surface area contributed by atoms with Crippen LogP contribution in [0.25, 0.3) is 21.8 Å². The van der Waals surface area contributed by atoms with E-state index in [-0.39, 0.29) is 28.6 Å². The molecule has 5 rings (SSSR count). The Balaban J connectivity index is 0.000000189. The minimum Gasteiger partial charge on any atom is -0.495 e. The molecule has 0 bridgehead atoms. The first-order chi connectivity index (χ1) is 19.4. The maximum Gasteiger partial charge on any atom is 0.341 e. The number of carboxylic acids is 4. The van der Waals surface area contributed by atoms with E-state index in [0.29, 0.717) is 17.2 Å². The van der Waals surface area contributed by atoms with Crippen molar-refractivity contribution in [2.24, 2.45) is 0 Å². The molecule has 0 unspecified atom stereocenters. The van der Waals surface area contributed by atoms with Crippen LogP contribution in [0.4, 0.5) is 0 Å². The number of carbonyl (C=O) groups is 4. The highest BCUT2D eigenvalue weighted by Crippen LogP contribution is 2.35. The van der Waals surface area contributed by atoms with Gasteiger partial charge in [-0.1, -0.05) is 6.07 Å². The highest BCUT2D eigenvalue weighted by molar-refractivity contribution is 5.95. The first-order valence-electron chi connectivity index (χ1n) is 11.5. The Morgan fingerprint density at radius 2 is 1.34 bits per heavy atom. The van der Waals surface area contributed by atoms with Gasteiger partial charge in [0.15, 0.2) is 11.5 Å². The zero-order valence-corrected chi connectivity index (χ0v) is 21.0. The smallest absolute Gasteiger partial charge is 0.341 e. The molecule has 3 heterocycles. The predicted octanol–water partition coefficient (Wildman–Crippen LogP) is 1.31. The molecule has 0 saturated carbocycles. The number of aromatic carboxylic acids is 2. The first kappa shape index (κ1) is 28.2. The van der Waals surface area contributed by atoms with E-state index in [1.54, 1.807) is 12.1 Å². The van der Waals surface area contributed by atoms with Crippen LogP contribution in [0.2, 0.25) is 0 Å². The molecule has 2 aromatic heterocycles. The van der Waals surface area contributed by atoms with Crippen molar-refractivity contribution < 1.29 is 53.8 Å². The second-order valence-corrected chi connectivity index (χ2v) is 8.48. The summed E-state index contributed by atoms with van der Waals surface area (Å²) in [4.78, 5) is 68.2. The molecule has 15 heteroatoms. The van der Waals surface area contributed by atoms with E-state index >= 15 is 0 Å².